The Kier molecular flexibility index (Phi) is 7.65. The molecule has 0 spiro atoms. The van der Waals surface area contributed by atoms with E-state index in [1.54, 1.807) is 12.0 Å². The summed E-state index contributed by atoms with van der Waals surface area (Å²) in [6.07, 6.45) is 2.59. The summed E-state index contributed by atoms with van der Waals surface area (Å²) < 4.78 is 28.7. The lowest BCUT2D eigenvalue weighted by molar-refractivity contribution is -0.132. The van der Waals surface area contributed by atoms with E-state index < -0.39 is 9.84 Å². The zero-order valence-corrected chi connectivity index (χ0v) is 16.9. The summed E-state index contributed by atoms with van der Waals surface area (Å²) >= 11 is 0. The summed E-state index contributed by atoms with van der Waals surface area (Å²) in [7, 11) is -1.39. The van der Waals surface area contributed by atoms with Gasteiger partial charge in [0, 0.05) is 26.3 Å². The molecule has 1 fully saturated rings. The minimum Gasteiger partial charge on any atom is -0.385 e. The number of hydrogen-bond donors (Lipinski definition) is 0. The zero-order chi connectivity index (χ0) is 19.2. The molecule has 1 unspecified atom stereocenters. The first-order valence-electron chi connectivity index (χ1n) is 9.37. The molecule has 0 bridgehead atoms. The molecular weight excluding hydrogens is 350 g/mol. The van der Waals surface area contributed by atoms with Gasteiger partial charge in [0.1, 0.15) is 0 Å². The Morgan fingerprint density at radius 1 is 1.23 bits per heavy atom. The first-order chi connectivity index (χ1) is 12.3. The van der Waals surface area contributed by atoms with E-state index in [4.69, 9.17) is 4.74 Å². The van der Waals surface area contributed by atoms with Gasteiger partial charge < -0.3 is 9.64 Å². The number of rotatable bonds is 9. The van der Waals surface area contributed by atoms with E-state index >= 15 is 0 Å². The van der Waals surface area contributed by atoms with Gasteiger partial charge in [0.15, 0.2) is 9.84 Å². The molecule has 1 aromatic rings. The van der Waals surface area contributed by atoms with Gasteiger partial charge in [-0.1, -0.05) is 38.1 Å². The second-order valence-corrected chi connectivity index (χ2v) is 9.81. The topological polar surface area (TPSA) is 63.7 Å². The third kappa shape index (κ3) is 6.40. The fraction of sp³-hybridized carbons (Fsp3) is 0.650. The number of benzene rings is 1. The van der Waals surface area contributed by atoms with Crippen LogP contribution in [0.25, 0.3) is 0 Å². The summed E-state index contributed by atoms with van der Waals surface area (Å²) in [4.78, 5) is 14.6. The van der Waals surface area contributed by atoms with Gasteiger partial charge in [0.25, 0.3) is 0 Å². The average molecular weight is 382 g/mol. The Morgan fingerprint density at radius 2 is 1.88 bits per heavy atom. The molecule has 1 aliphatic heterocycles. The van der Waals surface area contributed by atoms with Crippen LogP contribution in [0.3, 0.4) is 0 Å². The third-order valence-electron chi connectivity index (χ3n) is 4.74. The zero-order valence-electron chi connectivity index (χ0n) is 16.1. The molecule has 26 heavy (non-hydrogen) atoms. The maximum atomic E-state index is 12.9. The molecule has 0 saturated carbocycles. The molecule has 1 aromatic carbocycles. The molecule has 0 radical (unpaired) electrons. The normalized spacial score (nSPS) is 19.0. The number of sulfone groups is 1. The van der Waals surface area contributed by atoms with Crippen molar-refractivity contribution in [3.05, 3.63) is 35.4 Å². The number of amides is 1. The molecular formula is C20H31NO4S. The summed E-state index contributed by atoms with van der Waals surface area (Å²) in [5.41, 5.74) is 2.25. The fourth-order valence-electron chi connectivity index (χ4n) is 3.45. The van der Waals surface area contributed by atoms with E-state index in [1.807, 2.05) is 12.1 Å². The van der Waals surface area contributed by atoms with Crippen molar-refractivity contribution in [1.82, 2.24) is 4.90 Å². The van der Waals surface area contributed by atoms with Gasteiger partial charge in [-0.15, -0.1) is 0 Å². The average Bonchev–Trinajstić information content (AvgIpc) is 2.92. The van der Waals surface area contributed by atoms with Crippen LogP contribution in [0.1, 0.15) is 37.8 Å². The summed E-state index contributed by atoms with van der Waals surface area (Å²) in [5, 5.41) is 0. The van der Waals surface area contributed by atoms with Gasteiger partial charge in [-0.05, 0) is 36.3 Å². The van der Waals surface area contributed by atoms with E-state index in [1.165, 1.54) is 5.56 Å². The summed E-state index contributed by atoms with van der Waals surface area (Å²) in [5.74, 6) is 0.858. The molecule has 0 N–H and O–H groups in total. The highest BCUT2D eigenvalue weighted by Crippen LogP contribution is 2.20. The number of nitrogens with zero attached hydrogens (tertiary/aromatic N) is 1. The van der Waals surface area contributed by atoms with Crippen molar-refractivity contribution in [3.8, 4) is 0 Å². The first kappa shape index (κ1) is 20.9. The minimum absolute atomic E-state index is 0.000173. The second kappa shape index (κ2) is 9.51. The molecule has 1 heterocycles. The SMILES string of the molecule is COCCCN(C(=O)Cc1ccc(CC(C)C)cc1)C1CCS(=O)(=O)C1. The van der Waals surface area contributed by atoms with E-state index in [2.05, 4.69) is 26.0 Å². The lowest BCUT2D eigenvalue weighted by Crippen LogP contribution is -2.42. The Bertz CT molecular complexity index is 682. The standard InChI is InChI=1S/C20H31NO4S/c1-16(2)13-17-5-7-18(8-6-17)14-20(22)21(10-4-11-25-3)19-9-12-26(23,24)15-19/h5-8,16,19H,4,9-15H2,1-3H3. The molecule has 146 valence electrons. The van der Waals surface area contributed by atoms with Gasteiger partial charge >= 0.3 is 0 Å². The van der Waals surface area contributed by atoms with Gasteiger partial charge in [0.05, 0.1) is 17.9 Å². The number of methoxy groups -OCH3 is 1. The number of ether oxygens (including phenoxy) is 1. The van der Waals surface area contributed by atoms with Crippen LogP contribution in [-0.2, 0) is 32.2 Å². The van der Waals surface area contributed by atoms with Crippen LogP contribution in [0.2, 0.25) is 0 Å². The van der Waals surface area contributed by atoms with Crippen molar-refractivity contribution in [2.75, 3.05) is 31.8 Å². The molecule has 2 rings (SSSR count). The van der Waals surface area contributed by atoms with Crippen molar-refractivity contribution in [3.63, 3.8) is 0 Å². The summed E-state index contributed by atoms with van der Waals surface area (Å²) in [6.45, 7) is 5.47. The number of hydrogen-bond acceptors (Lipinski definition) is 4. The van der Waals surface area contributed by atoms with Crippen LogP contribution in [0, 0.1) is 5.92 Å². The van der Waals surface area contributed by atoms with Crippen molar-refractivity contribution in [1.29, 1.82) is 0 Å². The number of carbonyl (C=O) groups is 1. The Hall–Kier alpha value is -1.40. The maximum absolute atomic E-state index is 12.9. The highest BCUT2D eigenvalue weighted by Gasteiger charge is 2.34. The van der Waals surface area contributed by atoms with E-state index in [0.29, 0.717) is 38.3 Å². The molecule has 1 aliphatic rings. The van der Waals surface area contributed by atoms with Crippen LogP contribution in [0.4, 0.5) is 0 Å². The highest BCUT2D eigenvalue weighted by molar-refractivity contribution is 7.91. The monoisotopic (exact) mass is 381 g/mol. The molecule has 0 aliphatic carbocycles. The van der Waals surface area contributed by atoms with Crippen molar-refractivity contribution >= 4 is 15.7 Å². The third-order valence-corrected chi connectivity index (χ3v) is 6.49. The quantitative estimate of drug-likeness (QED) is 0.617. The van der Waals surface area contributed by atoms with E-state index in [0.717, 1.165) is 12.0 Å². The molecule has 1 saturated heterocycles. The smallest absolute Gasteiger partial charge is 0.227 e. The van der Waals surface area contributed by atoms with Gasteiger partial charge in [-0.2, -0.15) is 0 Å². The first-order valence-corrected chi connectivity index (χ1v) is 11.2. The van der Waals surface area contributed by atoms with Gasteiger partial charge in [0.2, 0.25) is 5.91 Å². The second-order valence-electron chi connectivity index (χ2n) is 7.58. The van der Waals surface area contributed by atoms with Crippen molar-refractivity contribution < 1.29 is 17.9 Å². The lowest BCUT2D eigenvalue weighted by Gasteiger charge is -2.28. The van der Waals surface area contributed by atoms with Crippen molar-refractivity contribution in [2.45, 2.75) is 45.6 Å². The molecule has 1 amide bonds. The summed E-state index contributed by atoms with van der Waals surface area (Å²) in [6, 6.07) is 7.97. The minimum atomic E-state index is -3.02. The van der Waals surface area contributed by atoms with Crippen LogP contribution in [-0.4, -0.2) is 57.0 Å². The van der Waals surface area contributed by atoms with Crippen molar-refractivity contribution in [2.24, 2.45) is 5.92 Å². The van der Waals surface area contributed by atoms with E-state index in [9.17, 15) is 13.2 Å². The molecule has 1 atom stereocenters. The molecule has 6 heteroatoms. The van der Waals surface area contributed by atoms with Crippen LogP contribution in [0.15, 0.2) is 24.3 Å². The molecule has 0 aromatic heterocycles. The van der Waals surface area contributed by atoms with Crippen LogP contribution < -0.4 is 0 Å². The molecule has 5 nitrogen and oxygen atoms in total. The Balaban J connectivity index is 2.03. The maximum Gasteiger partial charge on any atom is 0.227 e. The number of carbonyl (C=O) groups excluding carboxylic acids is 1. The Morgan fingerprint density at radius 3 is 2.42 bits per heavy atom. The predicted octanol–water partition coefficient (Wildman–Crippen LogP) is 2.48. The fourth-order valence-corrected chi connectivity index (χ4v) is 5.18. The van der Waals surface area contributed by atoms with Crippen LogP contribution >= 0.6 is 0 Å². The van der Waals surface area contributed by atoms with Crippen LogP contribution in [0.5, 0.6) is 0 Å². The highest BCUT2D eigenvalue weighted by atomic mass is 32.2. The largest absolute Gasteiger partial charge is 0.385 e. The lowest BCUT2D eigenvalue weighted by atomic mass is 10.0. The predicted molar refractivity (Wildman–Crippen MR) is 104 cm³/mol. The van der Waals surface area contributed by atoms with E-state index in [-0.39, 0.29) is 23.5 Å². The van der Waals surface area contributed by atoms with Gasteiger partial charge in [-0.3, -0.25) is 4.79 Å². The Labute approximate surface area is 157 Å². The van der Waals surface area contributed by atoms with Gasteiger partial charge in [-0.25, -0.2) is 8.42 Å².